The number of benzene rings is 2. The number of amides is 2. The highest BCUT2D eigenvalue weighted by molar-refractivity contribution is 6.01. The van der Waals surface area contributed by atoms with Gasteiger partial charge in [0.15, 0.2) is 0 Å². The van der Waals surface area contributed by atoms with Gasteiger partial charge < -0.3 is 5.11 Å². The first kappa shape index (κ1) is 14.6. The Morgan fingerprint density at radius 1 is 0.905 bits per heavy atom. The van der Waals surface area contributed by atoms with Gasteiger partial charge in [-0.3, -0.25) is 20.4 Å². The highest BCUT2D eigenvalue weighted by atomic mass is 16.3. The summed E-state index contributed by atoms with van der Waals surface area (Å²) >= 11 is 0. The maximum absolute atomic E-state index is 12.0. The molecule has 2 aromatic carbocycles. The van der Waals surface area contributed by atoms with Gasteiger partial charge in [0.25, 0.3) is 11.8 Å². The van der Waals surface area contributed by atoms with E-state index in [1.807, 2.05) is 26.0 Å². The molecular formula is C16H16N2O3. The Morgan fingerprint density at radius 3 is 2.19 bits per heavy atom. The molecule has 21 heavy (non-hydrogen) atoms. The second kappa shape index (κ2) is 6.09. The van der Waals surface area contributed by atoms with Crippen LogP contribution in [-0.2, 0) is 0 Å². The maximum Gasteiger partial charge on any atom is 0.273 e. The van der Waals surface area contributed by atoms with Crippen LogP contribution in [0.25, 0.3) is 0 Å². The van der Waals surface area contributed by atoms with E-state index in [1.165, 1.54) is 6.07 Å². The minimum atomic E-state index is -0.571. The van der Waals surface area contributed by atoms with E-state index in [0.29, 0.717) is 5.56 Å². The number of rotatable bonds is 2. The van der Waals surface area contributed by atoms with Gasteiger partial charge >= 0.3 is 0 Å². The fourth-order valence-electron chi connectivity index (χ4n) is 1.91. The number of phenols is 1. The predicted molar refractivity (Wildman–Crippen MR) is 79.0 cm³/mol. The highest BCUT2D eigenvalue weighted by Crippen LogP contribution is 2.17. The molecule has 0 radical (unpaired) electrons. The van der Waals surface area contributed by atoms with Gasteiger partial charge in [-0.1, -0.05) is 29.8 Å². The van der Waals surface area contributed by atoms with Crippen molar-refractivity contribution in [3.8, 4) is 5.75 Å². The first-order chi connectivity index (χ1) is 9.99. The zero-order valence-corrected chi connectivity index (χ0v) is 11.8. The van der Waals surface area contributed by atoms with Gasteiger partial charge in [-0.2, -0.15) is 0 Å². The third kappa shape index (κ3) is 3.39. The number of hydrazine groups is 1. The van der Waals surface area contributed by atoms with Crippen LogP contribution in [0.3, 0.4) is 0 Å². The van der Waals surface area contributed by atoms with Crippen molar-refractivity contribution in [2.24, 2.45) is 0 Å². The summed E-state index contributed by atoms with van der Waals surface area (Å²) in [5.74, 6) is -1.12. The van der Waals surface area contributed by atoms with Crippen molar-refractivity contribution < 1.29 is 14.7 Å². The molecule has 0 aliphatic rings. The van der Waals surface area contributed by atoms with Crippen LogP contribution in [0, 0.1) is 13.8 Å². The minimum absolute atomic E-state index is 0.111. The van der Waals surface area contributed by atoms with Gasteiger partial charge in [0, 0.05) is 5.56 Å². The first-order valence-corrected chi connectivity index (χ1v) is 6.45. The first-order valence-electron chi connectivity index (χ1n) is 6.45. The molecule has 2 amide bonds. The Labute approximate surface area is 122 Å². The zero-order valence-electron chi connectivity index (χ0n) is 11.8. The summed E-state index contributed by atoms with van der Waals surface area (Å²) in [7, 11) is 0. The van der Waals surface area contributed by atoms with Crippen molar-refractivity contribution in [2.75, 3.05) is 0 Å². The van der Waals surface area contributed by atoms with Crippen LogP contribution in [0.5, 0.6) is 5.75 Å². The SMILES string of the molecule is Cc1ccc(O)c(C(=O)NNC(=O)c2ccccc2C)c1. The fourth-order valence-corrected chi connectivity index (χ4v) is 1.91. The van der Waals surface area contributed by atoms with E-state index in [1.54, 1.807) is 24.3 Å². The van der Waals surface area contributed by atoms with Crippen molar-refractivity contribution in [1.29, 1.82) is 0 Å². The third-order valence-corrected chi connectivity index (χ3v) is 3.08. The molecule has 0 spiro atoms. The fraction of sp³-hybridized carbons (Fsp3) is 0.125. The molecule has 0 saturated heterocycles. The minimum Gasteiger partial charge on any atom is -0.507 e. The number of phenolic OH excluding ortho intramolecular Hbond substituents is 1. The Hall–Kier alpha value is -2.82. The molecule has 5 heteroatoms. The van der Waals surface area contributed by atoms with Crippen molar-refractivity contribution in [3.63, 3.8) is 0 Å². The van der Waals surface area contributed by atoms with Gasteiger partial charge in [0.1, 0.15) is 5.75 Å². The number of hydrogen-bond donors (Lipinski definition) is 3. The number of aryl methyl sites for hydroxylation is 2. The quantitative estimate of drug-likeness (QED) is 0.739. The molecule has 0 bridgehead atoms. The number of carbonyl (C=O) groups is 2. The summed E-state index contributed by atoms with van der Waals surface area (Å²) < 4.78 is 0. The van der Waals surface area contributed by atoms with Crippen LogP contribution in [0.15, 0.2) is 42.5 Å². The van der Waals surface area contributed by atoms with E-state index < -0.39 is 11.8 Å². The molecule has 5 nitrogen and oxygen atoms in total. The van der Waals surface area contributed by atoms with Crippen LogP contribution in [0.4, 0.5) is 0 Å². The molecule has 0 atom stereocenters. The van der Waals surface area contributed by atoms with Crippen molar-refractivity contribution in [2.45, 2.75) is 13.8 Å². The van der Waals surface area contributed by atoms with Crippen LogP contribution in [0.1, 0.15) is 31.8 Å². The third-order valence-electron chi connectivity index (χ3n) is 3.08. The average Bonchev–Trinajstić information content (AvgIpc) is 2.47. The predicted octanol–water partition coefficient (Wildman–Crippen LogP) is 2.08. The van der Waals surface area contributed by atoms with Gasteiger partial charge in [-0.05, 0) is 37.6 Å². The van der Waals surface area contributed by atoms with Crippen molar-refractivity contribution >= 4 is 11.8 Å². The molecule has 0 heterocycles. The van der Waals surface area contributed by atoms with Crippen LogP contribution in [-0.4, -0.2) is 16.9 Å². The molecule has 0 aliphatic carbocycles. The summed E-state index contributed by atoms with van der Waals surface area (Å²) in [5, 5.41) is 9.66. The van der Waals surface area contributed by atoms with Gasteiger partial charge in [0.2, 0.25) is 0 Å². The largest absolute Gasteiger partial charge is 0.507 e. The summed E-state index contributed by atoms with van der Waals surface area (Å²) in [5.41, 5.74) is 6.86. The number of carbonyl (C=O) groups excluding carboxylic acids is 2. The Morgan fingerprint density at radius 2 is 1.52 bits per heavy atom. The standard InChI is InChI=1S/C16H16N2O3/c1-10-7-8-14(19)13(9-10)16(21)18-17-15(20)12-6-4-3-5-11(12)2/h3-9,19H,1-2H3,(H,17,20)(H,18,21). The summed E-state index contributed by atoms with van der Waals surface area (Å²) in [6.45, 7) is 3.62. The van der Waals surface area contributed by atoms with E-state index in [0.717, 1.165) is 11.1 Å². The average molecular weight is 284 g/mol. The normalized spacial score (nSPS) is 10.0. The topological polar surface area (TPSA) is 78.4 Å². The Balaban J connectivity index is 2.06. The maximum atomic E-state index is 12.0. The highest BCUT2D eigenvalue weighted by Gasteiger charge is 2.13. The van der Waals surface area contributed by atoms with E-state index in [-0.39, 0.29) is 11.3 Å². The number of aromatic hydroxyl groups is 1. The molecule has 108 valence electrons. The Bertz CT molecular complexity index is 696. The van der Waals surface area contributed by atoms with Crippen LogP contribution >= 0.6 is 0 Å². The smallest absolute Gasteiger partial charge is 0.273 e. The van der Waals surface area contributed by atoms with Crippen LogP contribution < -0.4 is 10.9 Å². The van der Waals surface area contributed by atoms with E-state index in [2.05, 4.69) is 10.9 Å². The Kier molecular flexibility index (Phi) is 4.23. The van der Waals surface area contributed by atoms with Gasteiger partial charge in [0.05, 0.1) is 5.56 Å². The number of nitrogens with one attached hydrogen (secondary N) is 2. The number of hydrogen-bond acceptors (Lipinski definition) is 3. The van der Waals surface area contributed by atoms with E-state index in [9.17, 15) is 14.7 Å². The lowest BCUT2D eigenvalue weighted by Gasteiger charge is -2.10. The van der Waals surface area contributed by atoms with Crippen LogP contribution in [0.2, 0.25) is 0 Å². The molecule has 0 aliphatic heterocycles. The van der Waals surface area contributed by atoms with Crippen molar-refractivity contribution in [3.05, 3.63) is 64.7 Å². The molecule has 3 N–H and O–H groups in total. The lowest BCUT2D eigenvalue weighted by Crippen LogP contribution is -2.41. The molecule has 0 aromatic heterocycles. The monoisotopic (exact) mass is 284 g/mol. The van der Waals surface area contributed by atoms with E-state index in [4.69, 9.17) is 0 Å². The molecule has 2 aromatic rings. The molecule has 0 fully saturated rings. The lowest BCUT2D eigenvalue weighted by molar-refractivity contribution is 0.0844. The molecular weight excluding hydrogens is 268 g/mol. The summed E-state index contributed by atoms with van der Waals surface area (Å²) in [6, 6.07) is 11.7. The van der Waals surface area contributed by atoms with Gasteiger partial charge in [-0.25, -0.2) is 0 Å². The second-order valence-electron chi connectivity index (χ2n) is 4.74. The van der Waals surface area contributed by atoms with Crippen molar-refractivity contribution in [1.82, 2.24) is 10.9 Å². The summed E-state index contributed by atoms with van der Waals surface area (Å²) in [6.07, 6.45) is 0. The lowest BCUT2D eigenvalue weighted by atomic mass is 10.1. The molecule has 0 unspecified atom stereocenters. The summed E-state index contributed by atoms with van der Waals surface area (Å²) in [4.78, 5) is 23.9. The van der Waals surface area contributed by atoms with E-state index >= 15 is 0 Å². The second-order valence-corrected chi connectivity index (χ2v) is 4.74. The molecule has 2 rings (SSSR count). The van der Waals surface area contributed by atoms with Gasteiger partial charge in [-0.15, -0.1) is 0 Å². The molecule has 0 saturated carbocycles. The zero-order chi connectivity index (χ0) is 15.4.